The number of amides is 3. The Morgan fingerprint density at radius 2 is 1.35 bits per heavy atom. The molecule has 0 aliphatic rings. The minimum atomic E-state index is -0.863. The molecule has 4 aromatic rings. The van der Waals surface area contributed by atoms with Gasteiger partial charge in [0.15, 0.2) is 0 Å². The molecule has 7 heteroatoms. The van der Waals surface area contributed by atoms with Gasteiger partial charge in [0, 0.05) is 18.8 Å². The molecule has 3 amide bonds. The Bertz CT molecular complexity index is 1280. The minimum absolute atomic E-state index is 0.311. The van der Waals surface area contributed by atoms with E-state index in [2.05, 4.69) is 16.0 Å². The molecule has 4 rings (SSSR count). The predicted octanol–water partition coefficient (Wildman–Crippen LogP) is 4.90. The van der Waals surface area contributed by atoms with Gasteiger partial charge in [-0.2, -0.15) is 0 Å². The van der Waals surface area contributed by atoms with E-state index >= 15 is 0 Å². The fourth-order valence-corrected chi connectivity index (χ4v) is 3.70. The molecule has 5 N–H and O–H groups in total. The maximum Gasteiger partial charge on any atom is 0.320 e. The number of urea groups is 1. The number of carbonyl (C=O) groups excluding carboxylic acids is 2. The minimum Gasteiger partial charge on any atom is -0.489 e. The molecular weight excluding hydrogens is 464 g/mol. The van der Waals surface area contributed by atoms with Gasteiger partial charge in [0.2, 0.25) is 5.91 Å². The largest absolute Gasteiger partial charge is 0.489 e. The zero-order valence-electron chi connectivity index (χ0n) is 20.4. The van der Waals surface area contributed by atoms with Crippen molar-refractivity contribution in [1.82, 2.24) is 10.6 Å². The van der Waals surface area contributed by atoms with Crippen molar-refractivity contribution in [2.24, 2.45) is 5.73 Å². The summed E-state index contributed by atoms with van der Waals surface area (Å²) in [7, 11) is 0. The Hall–Kier alpha value is -4.62. The summed E-state index contributed by atoms with van der Waals surface area (Å²) < 4.78 is 5.79. The van der Waals surface area contributed by atoms with Crippen LogP contribution in [0.3, 0.4) is 0 Å². The van der Waals surface area contributed by atoms with Gasteiger partial charge in [-0.25, -0.2) is 4.79 Å². The zero-order valence-corrected chi connectivity index (χ0v) is 20.4. The number of nitrogens with two attached hydrogens (primary N) is 1. The molecule has 37 heavy (non-hydrogen) atoms. The summed E-state index contributed by atoms with van der Waals surface area (Å²) in [6, 6.07) is 32.4. The van der Waals surface area contributed by atoms with Crippen molar-refractivity contribution in [1.29, 1.82) is 0 Å². The molecule has 188 valence electrons. The smallest absolute Gasteiger partial charge is 0.320 e. The molecular formula is C30H30N4O3. The number of benzene rings is 4. The van der Waals surface area contributed by atoms with E-state index < -0.39 is 12.1 Å². The number of hydrogen-bond donors (Lipinski definition) is 4. The highest BCUT2D eigenvalue weighted by molar-refractivity contribution is 5.94. The van der Waals surface area contributed by atoms with Crippen molar-refractivity contribution in [3.05, 3.63) is 131 Å². The van der Waals surface area contributed by atoms with Crippen molar-refractivity contribution >= 4 is 17.6 Å². The molecule has 7 nitrogen and oxygen atoms in total. The van der Waals surface area contributed by atoms with Gasteiger partial charge >= 0.3 is 6.03 Å². The van der Waals surface area contributed by atoms with E-state index in [0.29, 0.717) is 36.7 Å². The molecule has 0 spiro atoms. The molecule has 0 aliphatic heterocycles. The van der Waals surface area contributed by atoms with E-state index in [-0.39, 0.29) is 5.91 Å². The van der Waals surface area contributed by atoms with Gasteiger partial charge in [-0.3, -0.25) is 4.79 Å². The third-order valence-electron chi connectivity index (χ3n) is 5.76. The average molecular weight is 495 g/mol. The van der Waals surface area contributed by atoms with Crippen molar-refractivity contribution in [2.75, 3.05) is 5.32 Å². The quantitative estimate of drug-likeness (QED) is 0.252. The Kier molecular flexibility index (Phi) is 8.88. The molecule has 0 heterocycles. The molecule has 0 aliphatic carbocycles. The lowest BCUT2D eigenvalue weighted by molar-refractivity contribution is -0.123. The van der Waals surface area contributed by atoms with Gasteiger partial charge in [-0.1, -0.05) is 84.9 Å². The van der Waals surface area contributed by atoms with Crippen LogP contribution in [0.25, 0.3) is 0 Å². The van der Waals surface area contributed by atoms with E-state index in [1.807, 2.05) is 72.8 Å². The number of anilines is 1. The normalized spacial score (nSPS) is 11.3. The number of hydrogen-bond acceptors (Lipinski definition) is 4. The summed E-state index contributed by atoms with van der Waals surface area (Å²) >= 11 is 0. The summed E-state index contributed by atoms with van der Waals surface area (Å²) in [5, 5.41) is 8.48. The van der Waals surface area contributed by atoms with E-state index in [4.69, 9.17) is 10.5 Å². The highest BCUT2D eigenvalue weighted by Gasteiger charge is 2.22. The first-order chi connectivity index (χ1) is 18.1. The highest BCUT2D eigenvalue weighted by atomic mass is 16.5. The van der Waals surface area contributed by atoms with E-state index in [9.17, 15) is 9.59 Å². The van der Waals surface area contributed by atoms with Gasteiger partial charge in [0.25, 0.3) is 0 Å². The second-order valence-corrected chi connectivity index (χ2v) is 8.48. The third-order valence-corrected chi connectivity index (χ3v) is 5.76. The molecule has 0 saturated carbocycles. The molecule has 4 aromatic carbocycles. The molecule has 0 bridgehead atoms. The average Bonchev–Trinajstić information content (AvgIpc) is 2.95. The van der Waals surface area contributed by atoms with Crippen LogP contribution in [0, 0.1) is 0 Å². The van der Waals surface area contributed by atoms with Crippen LogP contribution in [0.2, 0.25) is 0 Å². The van der Waals surface area contributed by atoms with Crippen LogP contribution in [0.4, 0.5) is 10.5 Å². The maximum absolute atomic E-state index is 13.1. The molecule has 1 atom stereocenters. The summed E-state index contributed by atoms with van der Waals surface area (Å²) in [6.07, 6.45) is 0. The first kappa shape index (κ1) is 25.5. The Morgan fingerprint density at radius 1 is 0.730 bits per heavy atom. The molecule has 0 fully saturated rings. The topological polar surface area (TPSA) is 105 Å². The van der Waals surface area contributed by atoms with Gasteiger partial charge in [-0.15, -0.1) is 0 Å². The fourth-order valence-electron chi connectivity index (χ4n) is 3.70. The monoisotopic (exact) mass is 494 g/mol. The zero-order chi connectivity index (χ0) is 25.9. The van der Waals surface area contributed by atoms with E-state index in [1.165, 1.54) is 0 Å². The van der Waals surface area contributed by atoms with Crippen molar-refractivity contribution < 1.29 is 14.3 Å². The summed E-state index contributed by atoms with van der Waals surface area (Å²) in [4.78, 5) is 25.9. The Labute approximate surface area is 216 Å². The van der Waals surface area contributed by atoms with Gasteiger partial charge < -0.3 is 26.4 Å². The first-order valence-corrected chi connectivity index (χ1v) is 12.1. The standard InChI is InChI=1S/C30H30N4O3/c31-19-22-11-13-23(14-12-22)20-32-29(35)28(25-9-5-2-6-10-25)34-30(36)33-26-15-17-27(18-16-26)37-21-24-7-3-1-4-8-24/h1-18,28H,19-21,31H2,(H,32,35)(H2,33,34,36)/t28-/m0/s1. The van der Waals surface area contributed by atoms with Crippen LogP contribution in [-0.4, -0.2) is 11.9 Å². The first-order valence-electron chi connectivity index (χ1n) is 12.1. The Morgan fingerprint density at radius 3 is 2.00 bits per heavy atom. The van der Waals surface area contributed by atoms with Crippen LogP contribution < -0.4 is 26.4 Å². The van der Waals surface area contributed by atoms with E-state index in [0.717, 1.165) is 16.7 Å². The van der Waals surface area contributed by atoms with Crippen LogP contribution in [-0.2, 0) is 24.5 Å². The SMILES string of the molecule is NCc1ccc(CNC(=O)[C@@H](NC(=O)Nc2ccc(OCc3ccccc3)cc2)c2ccccc2)cc1. The van der Waals surface area contributed by atoms with E-state index in [1.54, 1.807) is 36.4 Å². The van der Waals surface area contributed by atoms with Crippen molar-refractivity contribution in [3.8, 4) is 5.75 Å². The molecule has 0 saturated heterocycles. The number of carbonyl (C=O) groups is 2. The summed E-state index contributed by atoms with van der Waals surface area (Å²) in [5.74, 6) is 0.379. The fraction of sp³-hybridized carbons (Fsp3) is 0.133. The van der Waals surface area contributed by atoms with Gasteiger partial charge in [-0.05, 0) is 46.5 Å². The number of ether oxygens (including phenoxy) is 1. The maximum atomic E-state index is 13.1. The number of rotatable bonds is 10. The van der Waals surface area contributed by atoms with Crippen LogP contribution >= 0.6 is 0 Å². The predicted molar refractivity (Wildman–Crippen MR) is 145 cm³/mol. The highest BCUT2D eigenvalue weighted by Crippen LogP contribution is 2.18. The van der Waals surface area contributed by atoms with Crippen molar-refractivity contribution in [2.45, 2.75) is 25.7 Å². The second kappa shape index (κ2) is 12.9. The van der Waals surface area contributed by atoms with Crippen molar-refractivity contribution in [3.63, 3.8) is 0 Å². The lowest BCUT2D eigenvalue weighted by Crippen LogP contribution is -2.41. The molecule has 0 aromatic heterocycles. The number of nitrogens with one attached hydrogen (secondary N) is 3. The third kappa shape index (κ3) is 7.68. The van der Waals surface area contributed by atoms with Gasteiger partial charge in [0.1, 0.15) is 18.4 Å². The van der Waals surface area contributed by atoms with Crippen LogP contribution in [0.5, 0.6) is 5.75 Å². The van der Waals surface area contributed by atoms with Crippen LogP contribution in [0.1, 0.15) is 28.3 Å². The summed E-state index contributed by atoms with van der Waals surface area (Å²) in [6.45, 7) is 1.26. The lowest BCUT2D eigenvalue weighted by atomic mass is 10.1. The molecule has 0 radical (unpaired) electrons. The lowest BCUT2D eigenvalue weighted by Gasteiger charge is -2.19. The second-order valence-electron chi connectivity index (χ2n) is 8.48. The van der Waals surface area contributed by atoms with Crippen LogP contribution in [0.15, 0.2) is 109 Å². The molecule has 0 unspecified atom stereocenters. The van der Waals surface area contributed by atoms with Gasteiger partial charge in [0.05, 0.1) is 0 Å². The Balaban J connectivity index is 1.35. The summed E-state index contributed by atoms with van der Waals surface area (Å²) in [5.41, 5.74) is 9.94.